The van der Waals surface area contributed by atoms with Crippen molar-refractivity contribution in [2.45, 2.75) is 44.9 Å². The van der Waals surface area contributed by atoms with E-state index in [0.717, 1.165) is 16.9 Å². The molecular weight excluding hydrogens is 448 g/mol. The third-order valence-corrected chi connectivity index (χ3v) is 5.93. The molecule has 0 bridgehead atoms. The fourth-order valence-corrected chi connectivity index (χ4v) is 4.00. The number of benzene rings is 1. The minimum atomic E-state index is -0.635. The first-order chi connectivity index (χ1) is 16.9. The Hall–Kier alpha value is -3.56. The highest BCUT2D eigenvalue weighted by molar-refractivity contribution is 6.02. The Labute approximate surface area is 204 Å². The second-order valence-corrected chi connectivity index (χ2v) is 8.64. The predicted molar refractivity (Wildman–Crippen MR) is 130 cm³/mol. The van der Waals surface area contributed by atoms with E-state index in [9.17, 15) is 4.79 Å². The second-order valence-electron chi connectivity index (χ2n) is 8.64. The van der Waals surface area contributed by atoms with Crippen LogP contribution in [0.3, 0.4) is 0 Å². The van der Waals surface area contributed by atoms with Gasteiger partial charge in [0.1, 0.15) is 23.0 Å². The quantitative estimate of drug-likeness (QED) is 0.569. The zero-order valence-electron chi connectivity index (χ0n) is 20.2. The van der Waals surface area contributed by atoms with Crippen molar-refractivity contribution in [1.29, 1.82) is 0 Å². The number of aryl methyl sites for hydroxylation is 1. The van der Waals surface area contributed by atoms with Gasteiger partial charge in [-0.05, 0) is 49.6 Å². The lowest BCUT2D eigenvalue weighted by atomic mass is 9.86. The van der Waals surface area contributed by atoms with Crippen LogP contribution in [0.4, 0.5) is 0 Å². The van der Waals surface area contributed by atoms with Crippen LogP contribution in [-0.4, -0.2) is 58.7 Å². The monoisotopic (exact) mass is 478 g/mol. The Balaban J connectivity index is 1.41. The van der Waals surface area contributed by atoms with E-state index in [1.54, 1.807) is 20.1 Å². The first kappa shape index (κ1) is 24.6. The highest BCUT2D eigenvalue weighted by Crippen LogP contribution is 2.35. The zero-order valence-corrected chi connectivity index (χ0v) is 20.2. The summed E-state index contributed by atoms with van der Waals surface area (Å²) in [4.78, 5) is 27.4. The number of hydrogen-bond donors (Lipinski definition) is 2. The van der Waals surface area contributed by atoms with Crippen molar-refractivity contribution in [3.05, 3.63) is 76.9 Å². The van der Waals surface area contributed by atoms with Crippen molar-refractivity contribution in [3.8, 4) is 5.75 Å². The number of aromatic nitrogens is 2. The molecule has 2 N–H and O–H groups in total. The Morgan fingerprint density at radius 3 is 2.77 bits per heavy atom. The summed E-state index contributed by atoms with van der Waals surface area (Å²) in [7, 11) is 1.61. The third-order valence-electron chi connectivity index (χ3n) is 5.93. The van der Waals surface area contributed by atoms with E-state index >= 15 is 0 Å². The number of methoxy groups -OCH3 is 1. The van der Waals surface area contributed by atoms with Crippen LogP contribution in [0, 0.1) is 6.92 Å². The van der Waals surface area contributed by atoms with Gasteiger partial charge in [-0.2, -0.15) is 0 Å². The topological polar surface area (TPSA) is 115 Å². The molecule has 9 heteroatoms. The van der Waals surface area contributed by atoms with Crippen molar-refractivity contribution in [1.82, 2.24) is 15.3 Å². The maximum atomic E-state index is 12.8. The van der Waals surface area contributed by atoms with Crippen molar-refractivity contribution >= 4 is 11.6 Å². The summed E-state index contributed by atoms with van der Waals surface area (Å²) in [5.41, 5.74) is 2.83. The van der Waals surface area contributed by atoms with Gasteiger partial charge in [-0.25, -0.2) is 9.97 Å². The summed E-state index contributed by atoms with van der Waals surface area (Å²) in [5, 5.41) is 16.1. The van der Waals surface area contributed by atoms with Gasteiger partial charge in [0.2, 0.25) is 0 Å². The number of nitrogens with one attached hydrogen (secondary N) is 1. The number of nitrogens with zero attached hydrogens (tertiary/aromatic N) is 3. The molecule has 0 spiro atoms. The lowest BCUT2D eigenvalue weighted by Gasteiger charge is -2.26. The Bertz CT molecular complexity index is 1160. The van der Waals surface area contributed by atoms with E-state index in [0.29, 0.717) is 43.2 Å². The van der Waals surface area contributed by atoms with E-state index in [2.05, 4.69) is 26.5 Å². The summed E-state index contributed by atoms with van der Waals surface area (Å²) in [6.45, 7) is 4.40. The standard InChI is InChI=1S/C26H30N4O5/c1-17-28-22(14-23(29-17)25(32)27-16-18-4-8-20(33-3)9-5-18)24-15-26(2,35-30-24)19-6-10-21(11-7-19)34-13-12-31/h4-10,14,21,31H,11-13,15-16H2,1-3H3,(H,27,32). The van der Waals surface area contributed by atoms with Crippen molar-refractivity contribution < 1.29 is 24.2 Å². The number of hydrogen-bond acceptors (Lipinski definition) is 8. The molecule has 1 aliphatic carbocycles. The molecule has 9 nitrogen and oxygen atoms in total. The number of carbonyl (C=O) groups is 1. The zero-order chi connectivity index (χ0) is 24.8. The van der Waals surface area contributed by atoms with Gasteiger partial charge < -0.3 is 24.7 Å². The molecule has 1 aliphatic heterocycles. The number of amides is 1. The molecule has 2 aromatic rings. The maximum Gasteiger partial charge on any atom is 0.270 e. The summed E-state index contributed by atoms with van der Waals surface area (Å²) < 4.78 is 10.7. The number of aliphatic hydroxyl groups is 1. The number of ether oxygens (including phenoxy) is 2. The van der Waals surface area contributed by atoms with Gasteiger partial charge in [0.05, 0.1) is 32.1 Å². The summed E-state index contributed by atoms with van der Waals surface area (Å²) in [5.74, 6) is 0.952. The van der Waals surface area contributed by atoms with Gasteiger partial charge in [-0.15, -0.1) is 0 Å². The molecule has 1 aromatic heterocycles. The minimum Gasteiger partial charge on any atom is -0.497 e. The molecule has 2 unspecified atom stereocenters. The molecule has 0 radical (unpaired) electrons. The van der Waals surface area contributed by atoms with Gasteiger partial charge in [0.25, 0.3) is 5.91 Å². The normalized spacial score (nSPS) is 21.2. The van der Waals surface area contributed by atoms with Crippen LogP contribution in [0.25, 0.3) is 0 Å². The van der Waals surface area contributed by atoms with Crippen molar-refractivity contribution in [2.75, 3.05) is 20.3 Å². The lowest BCUT2D eigenvalue weighted by molar-refractivity contribution is 0.0263. The van der Waals surface area contributed by atoms with Crippen LogP contribution in [0.1, 0.15) is 47.3 Å². The molecule has 2 aliphatic rings. The number of oxime groups is 1. The SMILES string of the molecule is COc1ccc(CNC(=O)c2cc(C3=NOC(C)(C4=CCC(OCCO)C=C4)C3)nc(C)n2)cc1. The van der Waals surface area contributed by atoms with E-state index in [4.69, 9.17) is 19.4 Å². The Morgan fingerprint density at radius 1 is 1.29 bits per heavy atom. The average Bonchev–Trinajstić information content (AvgIpc) is 3.29. The molecule has 1 aromatic carbocycles. The molecule has 2 heterocycles. The summed E-state index contributed by atoms with van der Waals surface area (Å²) in [6.07, 6.45) is 7.18. The van der Waals surface area contributed by atoms with E-state index in [-0.39, 0.29) is 24.3 Å². The predicted octanol–water partition coefficient (Wildman–Crippen LogP) is 2.87. The van der Waals surface area contributed by atoms with E-state index in [1.807, 2.05) is 43.3 Å². The summed E-state index contributed by atoms with van der Waals surface area (Å²) in [6, 6.07) is 9.15. The molecule has 4 rings (SSSR count). The average molecular weight is 479 g/mol. The minimum absolute atomic E-state index is 0.00121. The molecule has 0 fully saturated rings. The number of carbonyl (C=O) groups excluding carboxylic acids is 1. The Morgan fingerprint density at radius 2 is 2.09 bits per heavy atom. The molecular formula is C26H30N4O5. The van der Waals surface area contributed by atoms with Crippen LogP contribution in [0.15, 0.2) is 59.3 Å². The maximum absolute atomic E-state index is 12.8. The number of rotatable bonds is 9. The fourth-order valence-electron chi connectivity index (χ4n) is 4.00. The van der Waals surface area contributed by atoms with Crippen LogP contribution >= 0.6 is 0 Å². The fraction of sp³-hybridized carbons (Fsp3) is 0.385. The van der Waals surface area contributed by atoms with E-state index < -0.39 is 5.60 Å². The van der Waals surface area contributed by atoms with Gasteiger partial charge in [0, 0.05) is 13.0 Å². The Kier molecular flexibility index (Phi) is 7.57. The largest absolute Gasteiger partial charge is 0.497 e. The number of aliphatic hydroxyl groups excluding tert-OH is 1. The molecule has 184 valence electrons. The smallest absolute Gasteiger partial charge is 0.270 e. The van der Waals surface area contributed by atoms with E-state index in [1.165, 1.54) is 0 Å². The highest BCUT2D eigenvalue weighted by atomic mass is 16.7. The first-order valence-electron chi connectivity index (χ1n) is 11.5. The van der Waals surface area contributed by atoms with Crippen LogP contribution in [0.5, 0.6) is 5.75 Å². The van der Waals surface area contributed by atoms with Gasteiger partial charge in [-0.1, -0.05) is 35.5 Å². The molecule has 2 atom stereocenters. The van der Waals surface area contributed by atoms with Crippen molar-refractivity contribution in [2.24, 2.45) is 5.16 Å². The first-order valence-corrected chi connectivity index (χ1v) is 11.5. The van der Waals surface area contributed by atoms with Gasteiger partial charge in [0.15, 0.2) is 5.60 Å². The van der Waals surface area contributed by atoms with Crippen LogP contribution < -0.4 is 10.1 Å². The van der Waals surface area contributed by atoms with Crippen LogP contribution in [-0.2, 0) is 16.1 Å². The molecule has 0 saturated heterocycles. The highest BCUT2D eigenvalue weighted by Gasteiger charge is 2.39. The molecule has 1 amide bonds. The van der Waals surface area contributed by atoms with Gasteiger partial charge in [-0.3, -0.25) is 4.79 Å². The van der Waals surface area contributed by atoms with Gasteiger partial charge >= 0.3 is 0 Å². The molecule has 0 saturated carbocycles. The third kappa shape index (κ3) is 5.93. The van der Waals surface area contributed by atoms with Crippen LogP contribution in [0.2, 0.25) is 0 Å². The summed E-state index contributed by atoms with van der Waals surface area (Å²) >= 11 is 0. The lowest BCUT2D eigenvalue weighted by Crippen LogP contribution is -2.29. The second kappa shape index (κ2) is 10.8. The van der Waals surface area contributed by atoms with Crippen molar-refractivity contribution in [3.63, 3.8) is 0 Å². The molecule has 35 heavy (non-hydrogen) atoms.